The summed E-state index contributed by atoms with van der Waals surface area (Å²) in [7, 11) is -3.52. The molecule has 0 unspecified atom stereocenters. The van der Waals surface area contributed by atoms with E-state index >= 15 is 0 Å². The van der Waals surface area contributed by atoms with Crippen LogP contribution in [0.25, 0.3) is 5.76 Å². The number of halogens is 2. The van der Waals surface area contributed by atoms with Gasteiger partial charge in [0.05, 0.1) is 23.6 Å². The highest BCUT2D eigenvalue weighted by Crippen LogP contribution is 2.53. The zero-order chi connectivity index (χ0) is 17.7. The molecule has 0 aliphatic carbocycles. The van der Waals surface area contributed by atoms with Crippen molar-refractivity contribution in [2.24, 2.45) is 0 Å². The van der Waals surface area contributed by atoms with E-state index in [1.54, 1.807) is 26.0 Å². The molecule has 0 aliphatic heterocycles. The minimum atomic E-state index is -3.52. The van der Waals surface area contributed by atoms with Crippen molar-refractivity contribution in [2.75, 3.05) is 19.5 Å². The molecule has 0 radical (unpaired) electrons. The molecule has 0 aliphatic rings. The van der Waals surface area contributed by atoms with E-state index in [-0.39, 0.29) is 24.0 Å². The Kier molecular flexibility index (Phi) is 8.01. The van der Waals surface area contributed by atoms with Crippen LogP contribution < -0.4 is 0 Å². The van der Waals surface area contributed by atoms with E-state index in [0.29, 0.717) is 10.6 Å². The first-order valence-electron chi connectivity index (χ1n) is 6.56. The molecule has 0 fully saturated rings. The molecule has 130 valence electrons. The van der Waals surface area contributed by atoms with E-state index in [0.717, 1.165) is 11.7 Å². The van der Waals surface area contributed by atoms with Crippen molar-refractivity contribution in [1.29, 1.82) is 0 Å². The summed E-state index contributed by atoms with van der Waals surface area (Å²) in [5, 5.41) is 1.56. The largest absolute Gasteiger partial charge is 0.423 e. The van der Waals surface area contributed by atoms with Gasteiger partial charge in [-0.2, -0.15) is 0 Å². The molecule has 1 aromatic rings. The van der Waals surface area contributed by atoms with E-state index < -0.39 is 16.6 Å². The lowest BCUT2D eigenvalue weighted by Gasteiger charge is -2.23. The van der Waals surface area contributed by atoms with Gasteiger partial charge in [0.1, 0.15) is 5.76 Å². The van der Waals surface area contributed by atoms with Gasteiger partial charge in [0.2, 0.25) is 0 Å². The monoisotopic (exact) mass is 418 g/mol. The minimum absolute atomic E-state index is 0.0422. The third kappa shape index (κ3) is 7.10. The van der Waals surface area contributed by atoms with Gasteiger partial charge in [-0.1, -0.05) is 23.2 Å². The van der Waals surface area contributed by atoms with E-state index in [1.165, 1.54) is 6.07 Å². The molecule has 0 N–H and O–H groups in total. The summed E-state index contributed by atoms with van der Waals surface area (Å²) in [6, 6.07) is 4.58. The summed E-state index contributed by atoms with van der Waals surface area (Å²) < 4.78 is 39.7. The summed E-state index contributed by atoms with van der Waals surface area (Å²) in [6.07, 6.45) is 1.03. The van der Waals surface area contributed by atoms with Gasteiger partial charge in [0.15, 0.2) is 9.84 Å². The zero-order valence-electron chi connectivity index (χ0n) is 12.8. The first-order valence-corrected chi connectivity index (χ1v) is 11.8. The van der Waals surface area contributed by atoms with E-state index in [4.69, 9.17) is 48.6 Å². The highest BCUT2D eigenvalue weighted by molar-refractivity contribution is 8.07. The van der Waals surface area contributed by atoms with Gasteiger partial charge in [0, 0.05) is 28.6 Å². The fourth-order valence-corrected chi connectivity index (χ4v) is 4.76. The fourth-order valence-electron chi connectivity index (χ4n) is 1.54. The molecule has 0 amide bonds. The van der Waals surface area contributed by atoms with Crippen molar-refractivity contribution in [3.8, 4) is 0 Å². The van der Waals surface area contributed by atoms with Crippen molar-refractivity contribution >= 4 is 57.3 Å². The molecule has 5 nitrogen and oxygen atoms in total. The predicted octanol–water partition coefficient (Wildman–Crippen LogP) is 4.65. The summed E-state index contributed by atoms with van der Waals surface area (Å²) in [5.74, 6) is -0.0422. The Hall–Kier alpha value is -0.140. The van der Waals surface area contributed by atoms with E-state index in [9.17, 15) is 8.42 Å². The molecule has 0 saturated heterocycles. The fraction of sp³-hybridized carbons (Fsp3) is 0.385. The van der Waals surface area contributed by atoms with Crippen LogP contribution in [0.4, 0.5) is 0 Å². The van der Waals surface area contributed by atoms with E-state index in [1.807, 2.05) is 0 Å². The van der Waals surface area contributed by atoms with Crippen molar-refractivity contribution in [3.63, 3.8) is 0 Å². The lowest BCUT2D eigenvalue weighted by Crippen LogP contribution is -2.02. The Labute approximate surface area is 151 Å². The smallest absolute Gasteiger partial charge is 0.380 e. The summed E-state index contributed by atoms with van der Waals surface area (Å²) >= 11 is 17.3. The maximum Gasteiger partial charge on any atom is 0.380 e. The van der Waals surface area contributed by atoms with Gasteiger partial charge >= 0.3 is 6.72 Å². The third-order valence-corrected chi connectivity index (χ3v) is 5.92. The van der Waals surface area contributed by atoms with Crippen LogP contribution in [0.2, 0.25) is 10.0 Å². The average Bonchev–Trinajstić information content (AvgIpc) is 2.36. The molecule has 0 spiro atoms. The molecule has 23 heavy (non-hydrogen) atoms. The minimum Gasteiger partial charge on any atom is -0.423 e. The maximum absolute atomic E-state index is 11.7. The SMILES string of the molecule is CCOP(=S)(OCC)OC(=CS(C)(=O)=O)c1ccc(Cl)cc1Cl. The Morgan fingerprint density at radius 3 is 2.26 bits per heavy atom. The molecule has 1 rings (SSSR count). The molecule has 0 heterocycles. The van der Waals surface area contributed by atoms with E-state index in [2.05, 4.69) is 0 Å². The van der Waals surface area contributed by atoms with Crippen LogP contribution >= 0.6 is 29.9 Å². The maximum atomic E-state index is 11.7. The Balaban J connectivity index is 3.37. The number of sulfone groups is 1. The molecule has 0 aromatic heterocycles. The standard InChI is InChI=1S/C13H17Cl2O5PS2/c1-4-18-21(22,19-5-2)20-13(9-23(3,16)17)11-7-6-10(14)8-12(11)15/h6-9H,4-5H2,1-3H3. The van der Waals surface area contributed by atoms with Crippen LogP contribution in [0.5, 0.6) is 0 Å². The predicted molar refractivity (Wildman–Crippen MR) is 97.9 cm³/mol. The number of rotatable bonds is 8. The summed E-state index contributed by atoms with van der Waals surface area (Å²) in [6.45, 7) is 0.843. The second kappa shape index (κ2) is 8.81. The van der Waals surface area contributed by atoms with Gasteiger partial charge in [-0.25, -0.2) is 8.42 Å². The zero-order valence-corrected chi connectivity index (χ0v) is 16.8. The van der Waals surface area contributed by atoms with Gasteiger partial charge in [-0.15, -0.1) is 0 Å². The molecular weight excluding hydrogens is 402 g/mol. The molecular formula is C13H17Cl2O5PS2. The molecule has 1 aromatic carbocycles. The third-order valence-electron chi connectivity index (χ3n) is 2.30. The lowest BCUT2D eigenvalue weighted by molar-refractivity contribution is 0.210. The van der Waals surface area contributed by atoms with Gasteiger partial charge in [-0.05, 0) is 32.0 Å². The Morgan fingerprint density at radius 1 is 1.26 bits per heavy atom. The van der Waals surface area contributed by atoms with Crippen molar-refractivity contribution in [3.05, 3.63) is 39.2 Å². The van der Waals surface area contributed by atoms with Crippen LogP contribution in [0.1, 0.15) is 19.4 Å². The number of hydrogen-bond donors (Lipinski definition) is 0. The van der Waals surface area contributed by atoms with Crippen LogP contribution in [0, 0.1) is 0 Å². The van der Waals surface area contributed by atoms with Crippen LogP contribution in [-0.4, -0.2) is 27.9 Å². The Morgan fingerprint density at radius 2 is 1.83 bits per heavy atom. The van der Waals surface area contributed by atoms with Gasteiger partial charge < -0.3 is 4.52 Å². The highest BCUT2D eigenvalue weighted by Gasteiger charge is 2.25. The van der Waals surface area contributed by atoms with Crippen LogP contribution in [-0.2, 0) is 35.2 Å². The lowest BCUT2D eigenvalue weighted by atomic mass is 10.2. The average molecular weight is 419 g/mol. The van der Waals surface area contributed by atoms with Gasteiger partial charge in [0.25, 0.3) is 0 Å². The molecule has 0 saturated carbocycles. The number of benzene rings is 1. The quantitative estimate of drug-likeness (QED) is 0.452. The van der Waals surface area contributed by atoms with Crippen molar-refractivity contribution in [2.45, 2.75) is 13.8 Å². The van der Waals surface area contributed by atoms with Crippen LogP contribution in [0.3, 0.4) is 0 Å². The highest BCUT2D eigenvalue weighted by atomic mass is 35.5. The van der Waals surface area contributed by atoms with Crippen molar-refractivity contribution in [1.82, 2.24) is 0 Å². The normalized spacial score (nSPS) is 13.2. The van der Waals surface area contributed by atoms with Crippen LogP contribution in [0.15, 0.2) is 23.6 Å². The topological polar surface area (TPSA) is 61.8 Å². The number of hydrogen-bond acceptors (Lipinski definition) is 6. The Bertz CT molecular complexity index is 724. The second-order valence-corrected chi connectivity index (χ2v) is 9.98. The molecule has 10 heteroatoms. The second-order valence-electron chi connectivity index (χ2n) is 4.31. The van der Waals surface area contributed by atoms with Crippen molar-refractivity contribution < 1.29 is 22.0 Å². The first kappa shape index (κ1) is 20.9. The first-order chi connectivity index (χ1) is 10.6. The molecule has 0 bridgehead atoms. The summed E-state index contributed by atoms with van der Waals surface area (Å²) in [5.41, 5.74) is 0.329. The van der Waals surface area contributed by atoms with Gasteiger partial charge in [-0.3, -0.25) is 9.05 Å². The summed E-state index contributed by atoms with van der Waals surface area (Å²) in [4.78, 5) is 0. The molecule has 0 atom stereocenters.